The van der Waals surface area contributed by atoms with Gasteiger partial charge in [0.15, 0.2) is 0 Å². The first kappa shape index (κ1) is 21.6. The third kappa shape index (κ3) is 3.65. The summed E-state index contributed by atoms with van der Waals surface area (Å²) >= 11 is 0. The Bertz CT molecular complexity index is 612. The Hall–Kier alpha value is -0.260. The summed E-state index contributed by atoms with van der Waals surface area (Å²) in [6.45, 7) is 8.11. The molecule has 0 aliphatic heterocycles. The summed E-state index contributed by atoms with van der Waals surface area (Å²) in [6.07, 6.45) is 29.3. The molecule has 4 saturated carbocycles. The largest absolute Gasteiger partial charge is 0.0882 e. The molecule has 170 valence electrons. The molecule has 0 spiro atoms. The highest BCUT2D eigenvalue weighted by molar-refractivity contribution is 5.12. The quantitative estimate of drug-likeness (QED) is 0.396. The van der Waals surface area contributed by atoms with Crippen molar-refractivity contribution < 1.29 is 0 Å². The Balaban J connectivity index is 1.22. The van der Waals surface area contributed by atoms with E-state index >= 15 is 0 Å². The third-order valence-electron chi connectivity index (χ3n) is 12.0. The predicted molar refractivity (Wildman–Crippen MR) is 129 cm³/mol. The first-order valence-electron chi connectivity index (χ1n) is 14.2. The highest BCUT2D eigenvalue weighted by Crippen LogP contribution is 2.68. The van der Waals surface area contributed by atoms with Gasteiger partial charge in [-0.05, 0) is 104 Å². The Labute approximate surface area is 188 Å². The van der Waals surface area contributed by atoms with Crippen LogP contribution in [-0.2, 0) is 0 Å². The van der Waals surface area contributed by atoms with Crippen LogP contribution in [0.1, 0.15) is 124 Å². The van der Waals surface area contributed by atoms with Gasteiger partial charge in [0.1, 0.15) is 0 Å². The van der Waals surface area contributed by atoms with Crippen LogP contribution in [0.15, 0.2) is 12.2 Å². The van der Waals surface area contributed by atoms with Gasteiger partial charge in [-0.25, -0.2) is 0 Å². The maximum absolute atomic E-state index is 2.76. The minimum atomic E-state index is 0.628. The molecule has 0 bridgehead atoms. The molecule has 5 aliphatic rings. The molecule has 0 nitrogen and oxygen atoms in total. The number of fused-ring (bicyclic) bond motifs is 5. The summed E-state index contributed by atoms with van der Waals surface area (Å²) in [7, 11) is 0. The lowest BCUT2D eigenvalue weighted by atomic mass is 9.45. The van der Waals surface area contributed by atoms with Gasteiger partial charge < -0.3 is 0 Å². The van der Waals surface area contributed by atoms with Gasteiger partial charge in [0, 0.05) is 0 Å². The van der Waals surface area contributed by atoms with Gasteiger partial charge in [-0.2, -0.15) is 0 Å². The predicted octanol–water partition coefficient (Wildman–Crippen LogP) is 9.20. The molecular weight excluding hydrogens is 360 g/mol. The van der Waals surface area contributed by atoms with Crippen molar-refractivity contribution in [2.75, 3.05) is 0 Å². The van der Waals surface area contributed by atoms with Crippen molar-refractivity contribution in [1.82, 2.24) is 0 Å². The van der Waals surface area contributed by atoms with Gasteiger partial charge in [-0.3, -0.25) is 0 Å². The Morgan fingerprint density at radius 2 is 1.63 bits per heavy atom. The van der Waals surface area contributed by atoms with Gasteiger partial charge in [0.2, 0.25) is 0 Å². The molecule has 0 heteroatoms. The molecule has 5 aliphatic carbocycles. The van der Waals surface area contributed by atoms with Crippen molar-refractivity contribution in [3.05, 3.63) is 12.2 Å². The minimum Gasteiger partial charge on any atom is -0.0882 e. The van der Waals surface area contributed by atoms with E-state index in [9.17, 15) is 0 Å². The van der Waals surface area contributed by atoms with Crippen molar-refractivity contribution in [1.29, 1.82) is 0 Å². The number of hydrogen-bond donors (Lipinski definition) is 0. The third-order valence-corrected chi connectivity index (χ3v) is 12.0. The first-order valence-corrected chi connectivity index (χ1v) is 14.2. The van der Waals surface area contributed by atoms with Crippen LogP contribution in [0, 0.1) is 52.3 Å². The average Bonchev–Trinajstić information content (AvgIpc) is 3.11. The number of hydrogen-bond acceptors (Lipinski definition) is 0. The van der Waals surface area contributed by atoms with Crippen LogP contribution in [0.3, 0.4) is 0 Å². The lowest BCUT2D eigenvalue weighted by Gasteiger charge is -2.60. The van der Waals surface area contributed by atoms with E-state index in [-0.39, 0.29) is 0 Å². The zero-order valence-electron chi connectivity index (χ0n) is 20.5. The van der Waals surface area contributed by atoms with Crippen LogP contribution < -0.4 is 0 Å². The van der Waals surface area contributed by atoms with E-state index in [2.05, 4.69) is 32.9 Å². The van der Waals surface area contributed by atoms with E-state index < -0.39 is 0 Å². The maximum atomic E-state index is 2.76. The Morgan fingerprint density at radius 1 is 0.833 bits per heavy atom. The molecule has 0 aromatic heterocycles. The Morgan fingerprint density at radius 3 is 2.47 bits per heavy atom. The van der Waals surface area contributed by atoms with Crippen molar-refractivity contribution in [3.63, 3.8) is 0 Å². The summed E-state index contributed by atoms with van der Waals surface area (Å²) < 4.78 is 0. The summed E-state index contributed by atoms with van der Waals surface area (Å²) in [5, 5.41) is 0. The van der Waals surface area contributed by atoms with Gasteiger partial charge in [0.25, 0.3) is 0 Å². The molecule has 0 aromatic carbocycles. The highest BCUT2D eigenvalue weighted by Gasteiger charge is 2.59. The van der Waals surface area contributed by atoms with Crippen LogP contribution in [0.4, 0.5) is 0 Å². The van der Waals surface area contributed by atoms with Crippen molar-refractivity contribution in [2.24, 2.45) is 52.3 Å². The van der Waals surface area contributed by atoms with E-state index in [4.69, 9.17) is 0 Å². The molecule has 0 heterocycles. The summed E-state index contributed by atoms with van der Waals surface area (Å²) in [5.41, 5.74) is 1.29. The van der Waals surface area contributed by atoms with E-state index in [0.717, 1.165) is 41.4 Å². The normalized spacial score (nSPS) is 47.4. The van der Waals surface area contributed by atoms with E-state index in [1.54, 1.807) is 32.1 Å². The molecule has 0 aromatic rings. The van der Waals surface area contributed by atoms with Crippen LogP contribution >= 0.6 is 0 Å². The summed E-state index contributed by atoms with van der Waals surface area (Å²) in [5.74, 6) is 7.18. The molecule has 8 atom stereocenters. The fourth-order valence-corrected chi connectivity index (χ4v) is 10.2. The molecule has 5 rings (SSSR count). The SMILES string of the molecule is C[C@H](CCCC1CCCCC1)[C@H]1CC[C@H]2[C@@H]3CCC4CC=CC[C@]4(C)[C@H]3CC[C@]12C. The van der Waals surface area contributed by atoms with Gasteiger partial charge in [0.05, 0.1) is 0 Å². The lowest BCUT2D eigenvalue weighted by Crippen LogP contribution is -2.52. The standard InChI is InChI=1S/C30H50/c1-22(10-9-13-23-11-5-4-6-12-23)26-17-18-27-25-16-15-24-14-7-8-20-29(24,2)28(25)19-21-30(26,27)3/h7-8,22-28H,4-6,9-21H2,1-3H3/t22-,24?,25+,26-,27+,28+,29+,30-/m1/s1. The van der Waals surface area contributed by atoms with Crippen LogP contribution in [-0.4, -0.2) is 0 Å². The molecule has 0 saturated heterocycles. The van der Waals surface area contributed by atoms with Crippen molar-refractivity contribution in [2.45, 2.75) is 124 Å². The van der Waals surface area contributed by atoms with E-state index in [1.807, 2.05) is 0 Å². The molecule has 0 amide bonds. The lowest BCUT2D eigenvalue weighted by molar-refractivity contribution is -0.101. The van der Waals surface area contributed by atoms with Gasteiger partial charge >= 0.3 is 0 Å². The maximum Gasteiger partial charge on any atom is -0.0229 e. The molecule has 30 heavy (non-hydrogen) atoms. The fourth-order valence-electron chi connectivity index (χ4n) is 10.2. The van der Waals surface area contributed by atoms with Crippen molar-refractivity contribution in [3.8, 4) is 0 Å². The average molecular weight is 411 g/mol. The second-order valence-corrected chi connectivity index (χ2v) is 13.2. The number of allylic oxidation sites excluding steroid dienone is 2. The fraction of sp³-hybridized carbons (Fsp3) is 0.933. The second-order valence-electron chi connectivity index (χ2n) is 13.2. The molecule has 0 N–H and O–H groups in total. The zero-order chi connectivity index (χ0) is 20.8. The molecule has 0 radical (unpaired) electrons. The topological polar surface area (TPSA) is 0 Å². The monoisotopic (exact) mass is 410 g/mol. The second kappa shape index (κ2) is 8.59. The highest BCUT2D eigenvalue weighted by atomic mass is 14.6. The number of rotatable bonds is 5. The van der Waals surface area contributed by atoms with E-state index in [1.165, 1.54) is 70.6 Å². The van der Waals surface area contributed by atoms with Crippen LogP contribution in [0.25, 0.3) is 0 Å². The molecular formula is C30H50. The van der Waals surface area contributed by atoms with Crippen LogP contribution in [0.2, 0.25) is 0 Å². The first-order chi connectivity index (χ1) is 14.5. The molecule has 4 fully saturated rings. The van der Waals surface area contributed by atoms with Crippen LogP contribution in [0.5, 0.6) is 0 Å². The summed E-state index contributed by atoms with van der Waals surface area (Å²) in [4.78, 5) is 0. The van der Waals surface area contributed by atoms with Crippen molar-refractivity contribution >= 4 is 0 Å². The zero-order valence-corrected chi connectivity index (χ0v) is 20.5. The van der Waals surface area contributed by atoms with Gasteiger partial charge in [-0.1, -0.05) is 84.3 Å². The van der Waals surface area contributed by atoms with Gasteiger partial charge in [-0.15, -0.1) is 0 Å². The Kier molecular flexibility index (Phi) is 6.18. The minimum absolute atomic E-state index is 0.628. The van der Waals surface area contributed by atoms with E-state index in [0.29, 0.717) is 10.8 Å². The summed E-state index contributed by atoms with van der Waals surface area (Å²) in [6, 6.07) is 0. The molecule has 1 unspecified atom stereocenters. The smallest absolute Gasteiger partial charge is 0.0229 e.